The number of hydrogen-bond acceptors (Lipinski definition) is 9. The molecule has 1 unspecified atom stereocenters. The number of aromatic nitrogens is 3. The fourth-order valence-electron chi connectivity index (χ4n) is 8.73. The lowest BCUT2D eigenvalue weighted by molar-refractivity contribution is -0.384. The van der Waals surface area contributed by atoms with E-state index in [0.717, 1.165) is 52.4 Å². The molecule has 316 valence electrons. The Hall–Kier alpha value is -6.35. The van der Waals surface area contributed by atoms with Crippen molar-refractivity contribution >= 4 is 34.1 Å². The van der Waals surface area contributed by atoms with Gasteiger partial charge in [0.25, 0.3) is 17.5 Å². The fraction of sp³-hybridized carbons (Fsp3) is 0.340. The Labute approximate surface area is 354 Å². The van der Waals surface area contributed by atoms with Crippen LogP contribution >= 0.6 is 0 Å². The summed E-state index contributed by atoms with van der Waals surface area (Å²) in [7, 11) is 3.43. The normalized spacial score (nSPS) is 16.4. The van der Waals surface area contributed by atoms with Crippen LogP contribution in [-0.4, -0.2) is 80.5 Å². The second-order valence-electron chi connectivity index (χ2n) is 15.9. The highest BCUT2D eigenvalue weighted by atomic mass is 16.6. The molecule has 0 saturated carbocycles. The predicted molar refractivity (Wildman–Crippen MR) is 233 cm³/mol. The number of aliphatic hydroxyl groups is 1. The topological polar surface area (TPSA) is 157 Å². The number of hydrogen-bond donors (Lipinski definition) is 2. The minimum Gasteiger partial charge on any atom is -0.496 e. The maximum Gasteiger partial charge on any atom is 0.270 e. The monoisotopic (exact) mass is 825 g/mol. The maximum absolute atomic E-state index is 15.2. The molecule has 2 N–H and O–H groups in total. The lowest BCUT2D eigenvalue weighted by Gasteiger charge is -2.37. The van der Waals surface area contributed by atoms with Gasteiger partial charge in [-0.25, -0.2) is 4.68 Å². The van der Waals surface area contributed by atoms with Gasteiger partial charge in [-0.05, 0) is 98.2 Å². The number of nitro benzene ring substituents is 1. The quantitative estimate of drug-likeness (QED) is 0.0695. The highest BCUT2D eigenvalue weighted by Gasteiger charge is 2.33. The van der Waals surface area contributed by atoms with E-state index in [2.05, 4.69) is 11.4 Å². The van der Waals surface area contributed by atoms with E-state index in [9.17, 15) is 20.0 Å². The molecule has 4 aromatic carbocycles. The van der Waals surface area contributed by atoms with Gasteiger partial charge >= 0.3 is 0 Å². The molecule has 2 aliphatic rings. The number of rotatable bonds is 13. The Morgan fingerprint density at radius 2 is 1.84 bits per heavy atom. The predicted octanol–water partition coefficient (Wildman–Crippen LogP) is 7.27. The van der Waals surface area contributed by atoms with Crippen molar-refractivity contribution in [2.24, 2.45) is 7.05 Å². The van der Waals surface area contributed by atoms with E-state index in [4.69, 9.17) is 14.6 Å². The largest absolute Gasteiger partial charge is 0.496 e. The van der Waals surface area contributed by atoms with Crippen molar-refractivity contribution in [3.8, 4) is 17.0 Å². The van der Waals surface area contributed by atoms with Crippen LogP contribution < -0.4 is 15.0 Å². The van der Waals surface area contributed by atoms with Crippen molar-refractivity contribution in [2.45, 2.75) is 64.9 Å². The number of methoxy groups -OCH3 is 1. The summed E-state index contributed by atoms with van der Waals surface area (Å²) in [6.45, 7) is 5.86. The summed E-state index contributed by atoms with van der Waals surface area (Å²) in [5, 5.41) is 30.5. The van der Waals surface area contributed by atoms with Gasteiger partial charge in [-0.1, -0.05) is 36.4 Å². The Kier molecular flexibility index (Phi) is 12.0. The van der Waals surface area contributed by atoms with E-state index in [1.54, 1.807) is 36.2 Å². The number of nitrogens with one attached hydrogen (secondary N) is 1. The molecule has 2 amide bonds. The molecule has 14 heteroatoms. The fourth-order valence-corrected chi connectivity index (χ4v) is 8.73. The molecule has 14 nitrogen and oxygen atoms in total. The molecule has 8 rings (SSSR count). The van der Waals surface area contributed by atoms with E-state index in [-0.39, 0.29) is 48.5 Å². The van der Waals surface area contributed by atoms with Crippen LogP contribution in [-0.2, 0) is 31.3 Å². The van der Waals surface area contributed by atoms with Crippen molar-refractivity contribution < 1.29 is 29.1 Å². The smallest absolute Gasteiger partial charge is 0.270 e. The number of ether oxygens (including phenoxy) is 2. The molecule has 2 aliphatic heterocycles. The molecule has 1 fully saturated rings. The number of benzene rings is 4. The molecule has 0 aliphatic carbocycles. The first-order valence-corrected chi connectivity index (χ1v) is 20.8. The minimum atomic E-state index is -0.477. The van der Waals surface area contributed by atoms with E-state index in [1.165, 1.54) is 18.2 Å². The van der Waals surface area contributed by atoms with Gasteiger partial charge in [0.05, 0.1) is 42.5 Å². The number of carbonyl (C=O) groups is 2. The molecule has 2 aromatic heterocycles. The van der Waals surface area contributed by atoms with Gasteiger partial charge in [0, 0.05) is 85.1 Å². The third-order valence-corrected chi connectivity index (χ3v) is 12.3. The SMILES string of the molecule is COc1cccc(CN(C(=O)c2cc(-c3cc([N+](=O)[O-])ccc3C(=O)N3Cc4ccccc4C[C@H]3CNCCO)n(C)c2C)c2ccc3c(cnn3C3CCCCO3)c2)c1C. The summed E-state index contributed by atoms with van der Waals surface area (Å²) in [6, 6.07) is 25.4. The Balaban J connectivity index is 1.20. The number of fused-ring (bicyclic) bond motifs is 2. The number of carbonyl (C=O) groups excluding carboxylic acids is 2. The zero-order valence-electron chi connectivity index (χ0n) is 35.0. The summed E-state index contributed by atoms with van der Waals surface area (Å²) in [5.74, 6) is 0.133. The zero-order valence-corrected chi connectivity index (χ0v) is 35.0. The third-order valence-electron chi connectivity index (χ3n) is 12.3. The van der Waals surface area contributed by atoms with Gasteiger partial charge in [0.1, 0.15) is 5.75 Å². The van der Waals surface area contributed by atoms with E-state index < -0.39 is 4.92 Å². The average molecular weight is 826 g/mol. The minimum absolute atomic E-state index is 0.0383. The van der Waals surface area contributed by atoms with Crippen molar-refractivity contribution in [1.82, 2.24) is 24.6 Å². The van der Waals surface area contributed by atoms with Crippen molar-refractivity contribution in [3.63, 3.8) is 0 Å². The van der Waals surface area contributed by atoms with Crippen LogP contribution in [0.5, 0.6) is 5.75 Å². The summed E-state index contributed by atoms with van der Waals surface area (Å²) in [6.07, 6.45) is 5.22. The van der Waals surface area contributed by atoms with Gasteiger partial charge < -0.3 is 34.3 Å². The van der Waals surface area contributed by atoms with Crippen LogP contribution in [0.4, 0.5) is 11.4 Å². The molecular weight excluding hydrogens is 775 g/mol. The van der Waals surface area contributed by atoms with Crippen molar-refractivity contribution in [3.05, 3.63) is 140 Å². The molecule has 61 heavy (non-hydrogen) atoms. The first-order chi connectivity index (χ1) is 29.6. The molecule has 2 atom stereocenters. The van der Waals surface area contributed by atoms with Crippen molar-refractivity contribution in [1.29, 1.82) is 0 Å². The first kappa shape index (κ1) is 41.4. The summed E-state index contributed by atoms with van der Waals surface area (Å²) in [5.41, 5.74) is 7.48. The molecule has 0 bridgehead atoms. The maximum atomic E-state index is 15.2. The van der Waals surface area contributed by atoms with E-state index in [0.29, 0.717) is 66.6 Å². The number of nitrogens with zero attached hydrogens (tertiary/aromatic N) is 6. The van der Waals surface area contributed by atoms with Crippen LogP contribution in [0.2, 0.25) is 0 Å². The standard InChI is InChI=1S/C47H51N7O7/c1-30-33(12-9-13-44(30)60-4)28-51(36-16-18-42-35(23-36)26-49-53(42)45-14-7-8-21-61-45)47(57)40-25-43(50(3)31(40)2)41-24-37(54(58)59)15-17-39(41)46(56)52-29-34-11-6-5-10-32(34)22-38(52)27-48-19-20-55/h5-6,9-13,15-18,23-26,38,45,48,55H,7-8,14,19-22,27-29H2,1-4H3/t38-,45?/m0/s1. The van der Waals surface area contributed by atoms with Crippen LogP contribution in [0.25, 0.3) is 22.2 Å². The highest BCUT2D eigenvalue weighted by molar-refractivity contribution is 6.09. The Morgan fingerprint density at radius 1 is 1.02 bits per heavy atom. The van der Waals surface area contributed by atoms with Crippen LogP contribution in [0.15, 0.2) is 91.1 Å². The number of amides is 2. The number of non-ortho nitro benzene ring substituents is 1. The Bertz CT molecular complexity index is 2610. The molecule has 0 radical (unpaired) electrons. The summed E-state index contributed by atoms with van der Waals surface area (Å²) >= 11 is 0. The van der Waals surface area contributed by atoms with Crippen LogP contribution in [0, 0.1) is 24.0 Å². The number of anilines is 1. The molecule has 6 aromatic rings. The molecular formula is C47H51N7O7. The lowest BCUT2D eigenvalue weighted by Crippen LogP contribution is -2.49. The third kappa shape index (κ3) is 8.13. The number of aliphatic hydroxyl groups excluding tert-OH is 1. The highest BCUT2D eigenvalue weighted by Crippen LogP contribution is 2.36. The first-order valence-electron chi connectivity index (χ1n) is 20.8. The molecule has 0 spiro atoms. The lowest BCUT2D eigenvalue weighted by atomic mass is 9.92. The van der Waals surface area contributed by atoms with Gasteiger partial charge in [0.15, 0.2) is 6.23 Å². The molecule has 4 heterocycles. The van der Waals surface area contributed by atoms with E-state index >= 15 is 4.79 Å². The van der Waals surface area contributed by atoms with Crippen molar-refractivity contribution in [2.75, 3.05) is 38.3 Å². The van der Waals surface area contributed by atoms with Crippen LogP contribution in [0.1, 0.15) is 74.2 Å². The van der Waals surface area contributed by atoms with E-state index in [1.807, 2.05) is 77.7 Å². The zero-order chi connectivity index (χ0) is 42.8. The second kappa shape index (κ2) is 17.7. The Morgan fingerprint density at radius 3 is 2.59 bits per heavy atom. The van der Waals surface area contributed by atoms with Gasteiger partial charge in [-0.2, -0.15) is 5.10 Å². The number of nitro groups is 1. The second-order valence-corrected chi connectivity index (χ2v) is 15.9. The van der Waals surface area contributed by atoms with Crippen LogP contribution in [0.3, 0.4) is 0 Å². The van der Waals surface area contributed by atoms with Gasteiger partial charge in [0.2, 0.25) is 0 Å². The van der Waals surface area contributed by atoms with Gasteiger partial charge in [-0.3, -0.25) is 19.7 Å². The average Bonchev–Trinajstić information content (AvgIpc) is 3.84. The molecule has 1 saturated heterocycles. The van der Waals surface area contributed by atoms with Gasteiger partial charge in [-0.15, -0.1) is 0 Å². The summed E-state index contributed by atoms with van der Waals surface area (Å²) in [4.78, 5) is 45.3. The summed E-state index contributed by atoms with van der Waals surface area (Å²) < 4.78 is 15.4.